The lowest BCUT2D eigenvalue weighted by Crippen LogP contribution is -2.47. The van der Waals surface area contributed by atoms with Gasteiger partial charge in [0, 0.05) is 38.6 Å². The van der Waals surface area contributed by atoms with Crippen molar-refractivity contribution in [3.8, 4) is 0 Å². The molecule has 1 unspecified atom stereocenters. The molecule has 1 aliphatic heterocycles. The number of piperidine rings is 1. The highest BCUT2D eigenvalue weighted by molar-refractivity contribution is 5.38. The third kappa shape index (κ3) is 2.49. The fourth-order valence-electron chi connectivity index (χ4n) is 2.41. The largest absolute Gasteiger partial charge is 0.348 e. The van der Waals surface area contributed by atoms with Crippen LogP contribution in [0.25, 0.3) is 0 Å². The number of aromatic nitrogens is 2. The van der Waals surface area contributed by atoms with Crippen LogP contribution in [0.4, 0.5) is 5.82 Å². The van der Waals surface area contributed by atoms with Crippen LogP contribution < -0.4 is 15.8 Å². The summed E-state index contributed by atoms with van der Waals surface area (Å²) in [4.78, 5) is 18.5. The molecule has 17 heavy (non-hydrogen) atoms. The van der Waals surface area contributed by atoms with Crippen LogP contribution >= 0.6 is 0 Å². The van der Waals surface area contributed by atoms with Crippen LogP contribution in [0.5, 0.6) is 0 Å². The van der Waals surface area contributed by atoms with Gasteiger partial charge in [0.05, 0.1) is 0 Å². The maximum Gasteiger partial charge on any atom is 0.293 e. The Morgan fingerprint density at radius 1 is 1.53 bits per heavy atom. The van der Waals surface area contributed by atoms with Gasteiger partial charge in [0.2, 0.25) is 0 Å². The van der Waals surface area contributed by atoms with E-state index in [2.05, 4.69) is 15.2 Å². The zero-order valence-corrected chi connectivity index (χ0v) is 10.5. The van der Waals surface area contributed by atoms with Gasteiger partial charge in [-0.05, 0) is 26.3 Å². The lowest BCUT2D eigenvalue weighted by molar-refractivity contribution is 0.441. The minimum atomic E-state index is -0.00416. The molecule has 94 valence electrons. The lowest BCUT2D eigenvalue weighted by atomic mass is 10.0. The third-order valence-corrected chi connectivity index (χ3v) is 3.34. The van der Waals surface area contributed by atoms with E-state index in [1.807, 2.05) is 7.05 Å². The smallest absolute Gasteiger partial charge is 0.293 e. The first-order valence-electron chi connectivity index (χ1n) is 6.17. The number of aryl methyl sites for hydroxylation is 1. The molecule has 1 aromatic rings. The summed E-state index contributed by atoms with van der Waals surface area (Å²) in [6.45, 7) is 1.83. The van der Waals surface area contributed by atoms with Gasteiger partial charge in [-0.2, -0.15) is 0 Å². The molecule has 0 spiro atoms. The minimum absolute atomic E-state index is 0.00416. The van der Waals surface area contributed by atoms with Crippen molar-refractivity contribution in [2.45, 2.75) is 25.3 Å². The maximum atomic E-state index is 12.1. The Morgan fingerprint density at radius 2 is 2.35 bits per heavy atom. The molecule has 1 N–H and O–H groups in total. The van der Waals surface area contributed by atoms with Crippen molar-refractivity contribution < 1.29 is 0 Å². The molecule has 0 aliphatic carbocycles. The Balaban J connectivity index is 2.29. The summed E-state index contributed by atoms with van der Waals surface area (Å²) in [6.07, 6.45) is 6.89. The van der Waals surface area contributed by atoms with Crippen LogP contribution in [-0.2, 0) is 7.05 Å². The summed E-state index contributed by atoms with van der Waals surface area (Å²) < 4.78 is 1.59. The average molecular weight is 236 g/mol. The van der Waals surface area contributed by atoms with Crippen LogP contribution in [0.15, 0.2) is 17.2 Å². The van der Waals surface area contributed by atoms with E-state index in [4.69, 9.17) is 0 Å². The summed E-state index contributed by atoms with van der Waals surface area (Å²) in [5.41, 5.74) is -0.00416. The lowest BCUT2D eigenvalue weighted by Gasteiger charge is -2.36. The van der Waals surface area contributed by atoms with Crippen molar-refractivity contribution in [2.75, 3.05) is 25.0 Å². The molecular weight excluding hydrogens is 216 g/mol. The van der Waals surface area contributed by atoms with Crippen LogP contribution in [0.1, 0.15) is 19.3 Å². The van der Waals surface area contributed by atoms with E-state index in [9.17, 15) is 4.79 Å². The van der Waals surface area contributed by atoms with Gasteiger partial charge in [0.15, 0.2) is 5.82 Å². The van der Waals surface area contributed by atoms with Gasteiger partial charge in [-0.1, -0.05) is 0 Å². The second-order valence-corrected chi connectivity index (χ2v) is 4.57. The van der Waals surface area contributed by atoms with Crippen molar-refractivity contribution in [1.82, 2.24) is 14.9 Å². The Kier molecular flexibility index (Phi) is 3.78. The van der Waals surface area contributed by atoms with E-state index in [0.717, 1.165) is 25.9 Å². The molecule has 0 bridgehead atoms. The summed E-state index contributed by atoms with van der Waals surface area (Å²) in [5, 5.41) is 3.19. The van der Waals surface area contributed by atoms with Crippen LogP contribution in [0.2, 0.25) is 0 Å². The molecule has 5 heteroatoms. The number of hydrogen-bond donors (Lipinski definition) is 1. The molecule has 1 atom stereocenters. The Bertz CT molecular complexity index is 427. The summed E-state index contributed by atoms with van der Waals surface area (Å²) in [7, 11) is 3.72. The number of rotatable bonds is 3. The van der Waals surface area contributed by atoms with Gasteiger partial charge in [-0.15, -0.1) is 0 Å². The van der Waals surface area contributed by atoms with E-state index in [0.29, 0.717) is 11.9 Å². The molecule has 2 heterocycles. The molecular formula is C12H20N4O. The fraction of sp³-hybridized carbons (Fsp3) is 0.667. The topological polar surface area (TPSA) is 50.2 Å². The molecule has 0 radical (unpaired) electrons. The molecule has 1 aromatic heterocycles. The SMILES string of the molecule is CNCC1CCCCN1c1nccn(C)c1=O. The fourth-order valence-corrected chi connectivity index (χ4v) is 2.41. The number of nitrogens with zero attached hydrogens (tertiary/aromatic N) is 3. The number of nitrogens with one attached hydrogen (secondary N) is 1. The highest BCUT2D eigenvalue weighted by atomic mass is 16.1. The second kappa shape index (κ2) is 5.31. The van der Waals surface area contributed by atoms with Gasteiger partial charge in [0.1, 0.15) is 0 Å². The zero-order valence-electron chi connectivity index (χ0n) is 10.5. The molecule has 2 rings (SSSR count). The van der Waals surface area contributed by atoms with Crippen LogP contribution in [0.3, 0.4) is 0 Å². The first kappa shape index (κ1) is 12.1. The van der Waals surface area contributed by atoms with Crippen molar-refractivity contribution in [3.63, 3.8) is 0 Å². The summed E-state index contributed by atoms with van der Waals surface area (Å²) >= 11 is 0. The Morgan fingerprint density at radius 3 is 3.12 bits per heavy atom. The molecule has 5 nitrogen and oxygen atoms in total. The molecule has 1 aliphatic rings. The van der Waals surface area contributed by atoms with E-state index in [1.54, 1.807) is 24.0 Å². The van der Waals surface area contributed by atoms with E-state index >= 15 is 0 Å². The van der Waals surface area contributed by atoms with Crippen molar-refractivity contribution >= 4 is 5.82 Å². The minimum Gasteiger partial charge on any atom is -0.348 e. The monoisotopic (exact) mass is 236 g/mol. The molecule has 0 amide bonds. The van der Waals surface area contributed by atoms with Gasteiger partial charge in [-0.3, -0.25) is 4.79 Å². The molecule has 1 saturated heterocycles. The number of hydrogen-bond acceptors (Lipinski definition) is 4. The van der Waals surface area contributed by atoms with Crippen LogP contribution in [0, 0.1) is 0 Å². The zero-order chi connectivity index (χ0) is 12.3. The van der Waals surface area contributed by atoms with E-state index < -0.39 is 0 Å². The van der Waals surface area contributed by atoms with Crippen molar-refractivity contribution in [1.29, 1.82) is 0 Å². The van der Waals surface area contributed by atoms with Crippen molar-refractivity contribution in [3.05, 3.63) is 22.7 Å². The molecule has 1 fully saturated rings. The van der Waals surface area contributed by atoms with Gasteiger partial charge >= 0.3 is 0 Å². The Labute approximate surface area is 101 Å². The third-order valence-electron chi connectivity index (χ3n) is 3.34. The van der Waals surface area contributed by atoms with E-state index in [-0.39, 0.29) is 5.56 Å². The summed E-state index contributed by atoms with van der Waals surface area (Å²) in [5.74, 6) is 0.593. The average Bonchev–Trinajstić information content (AvgIpc) is 2.34. The second-order valence-electron chi connectivity index (χ2n) is 4.57. The van der Waals surface area contributed by atoms with Crippen LogP contribution in [-0.4, -0.2) is 35.7 Å². The standard InChI is InChI=1S/C12H20N4O/c1-13-9-10-5-3-4-7-16(10)11-12(17)15(2)8-6-14-11/h6,8,10,13H,3-5,7,9H2,1-2H3. The number of anilines is 1. The first-order valence-corrected chi connectivity index (χ1v) is 6.17. The molecule has 0 aromatic carbocycles. The van der Waals surface area contributed by atoms with Gasteiger partial charge < -0.3 is 14.8 Å². The maximum absolute atomic E-state index is 12.1. The highest BCUT2D eigenvalue weighted by Crippen LogP contribution is 2.19. The van der Waals surface area contributed by atoms with E-state index in [1.165, 1.54) is 6.42 Å². The first-order chi connectivity index (χ1) is 8.24. The van der Waals surface area contributed by atoms with Gasteiger partial charge in [-0.25, -0.2) is 4.98 Å². The van der Waals surface area contributed by atoms with Gasteiger partial charge in [0.25, 0.3) is 5.56 Å². The number of likely N-dealkylation sites (N-methyl/N-ethyl adjacent to an activating group) is 1. The summed E-state index contributed by atoms with van der Waals surface area (Å²) in [6, 6.07) is 0.386. The Hall–Kier alpha value is -1.36. The van der Waals surface area contributed by atoms with Crippen molar-refractivity contribution in [2.24, 2.45) is 7.05 Å². The quantitative estimate of drug-likeness (QED) is 0.823. The highest BCUT2D eigenvalue weighted by Gasteiger charge is 2.24. The molecule has 0 saturated carbocycles. The predicted molar refractivity (Wildman–Crippen MR) is 68.4 cm³/mol. The normalized spacial score (nSPS) is 20.6. The predicted octanol–water partition coefficient (Wildman–Crippen LogP) is 0.359.